The number of aliphatic carboxylic acids is 1. The summed E-state index contributed by atoms with van der Waals surface area (Å²) in [4.78, 5) is 45.8. The van der Waals surface area contributed by atoms with Crippen molar-refractivity contribution in [2.75, 3.05) is 19.8 Å². The summed E-state index contributed by atoms with van der Waals surface area (Å²) in [6.45, 7) is 2.70. The number of carboxylic acid groups (broad SMARTS) is 1. The zero-order chi connectivity index (χ0) is 40.0. The summed E-state index contributed by atoms with van der Waals surface area (Å²) >= 11 is 0. The Morgan fingerprint density at radius 2 is 0.981 bits per heavy atom. The summed E-state index contributed by atoms with van der Waals surface area (Å²) in [6.07, 6.45) is 40.4. The molecule has 0 aliphatic rings. The minimum atomic E-state index is -4.73. The highest BCUT2D eigenvalue weighted by atomic mass is 31.2. The van der Waals surface area contributed by atoms with Gasteiger partial charge in [-0.25, -0.2) is 4.57 Å². The zero-order valence-electron chi connectivity index (χ0n) is 33.6. The number of unbranched alkanes of at least 4 members (excludes halogenated alkanes) is 16. The van der Waals surface area contributed by atoms with Crippen LogP contribution in [0.1, 0.15) is 168 Å². The van der Waals surface area contributed by atoms with Crippen molar-refractivity contribution in [1.29, 1.82) is 0 Å². The van der Waals surface area contributed by atoms with Crippen LogP contribution in [0, 0.1) is 0 Å². The van der Waals surface area contributed by atoms with E-state index in [1.54, 1.807) is 0 Å². The van der Waals surface area contributed by atoms with Gasteiger partial charge in [-0.1, -0.05) is 127 Å². The van der Waals surface area contributed by atoms with Crippen molar-refractivity contribution in [2.24, 2.45) is 5.73 Å². The first-order chi connectivity index (χ1) is 26.1. The summed E-state index contributed by atoms with van der Waals surface area (Å²) in [6, 6.07) is -1.53. The lowest BCUT2D eigenvalue weighted by Crippen LogP contribution is -2.34. The van der Waals surface area contributed by atoms with Crippen LogP contribution >= 0.6 is 7.82 Å². The quantitative estimate of drug-likeness (QED) is 0.0235. The van der Waals surface area contributed by atoms with E-state index in [1.807, 2.05) is 0 Å². The van der Waals surface area contributed by atoms with Gasteiger partial charge in [0, 0.05) is 12.8 Å². The fourth-order valence-corrected chi connectivity index (χ4v) is 6.02. The van der Waals surface area contributed by atoms with Crippen LogP contribution in [-0.2, 0) is 37.5 Å². The molecule has 1 unspecified atom stereocenters. The average molecular weight is 784 g/mol. The Hall–Kier alpha value is -2.56. The highest BCUT2D eigenvalue weighted by Gasteiger charge is 2.28. The highest BCUT2D eigenvalue weighted by molar-refractivity contribution is 7.47. The van der Waals surface area contributed by atoms with Crippen LogP contribution in [-0.4, -0.2) is 59.9 Å². The van der Waals surface area contributed by atoms with E-state index < -0.39 is 51.1 Å². The Morgan fingerprint density at radius 3 is 1.56 bits per heavy atom. The first kappa shape index (κ1) is 51.4. The SMILES string of the molecule is CCCCC/C=C/C/C=C/C/C=C/CCCCC(=O)O[C@H](COC(=O)CCCCC/C=C/CCCCCCCCCC)COP(=O)(O)OC[C@H](N)C(=O)O. The molecule has 54 heavy (non-hydrogen) atoms. The van der Waals surface area contributed by atoms with E-state index in [-0.39, 0.29) is 19.4 Å². The standard InChI is InChI=1S/C42H74NO10P/c1-3-5-7-9-11-13-15-17-19-21-23-25-27-29-31-33-40(44)50-35-38(36-51-54(48,49)52-37-39(43)42(46)47)53-41(45)34-32-30-28-26-24-22-20-18-16-14-12-10-8-6-4-2/h12,14,18,20-21,23-24,26,38-39H,3-11,13,15-17,19,22,25,27-37,43H2,1-2H3,(H,46,47)(H,48,49)/b14-12+,20-18+,23-21+,26-24+/t38-,39+/m1/s1. The monoisotopic (exact) mass is 784 g/mol. The molecule has 0 bridgehead atoms. The van der Waals surface area contributed by atoms with Crippen LogP contribution in [0.4, 0.5) is 0 Å². The maximum atomic E-state index is 12.6. The van der Waals surface area contributed by atoms with Crippen LogP contribution in [0.2, 0.25) is 0 Å². The van der Waals surface area contributed by atoms with Gasteiger partial charge in [0.1, 0.15) is 12.6 Å². The molecule has 12 heteroatoms. The molecule has 0 aliphatic carbocycles. The van der Waals surface area contributed by atoms with Crippen molar-refractivity contribution < 1.29 is 47.5 Å². The Morgan fingerprint density at radius 1 is 0.574 bits per heavy atom. The summed E-state index contributed by atoms with van der Waals surface area (Å²) in [5, 5.41) is 8.87. The number of rotatable bonds is 38. The smallest absolute Gasteiger partial charge is 0.472 e. The molecular formula is C42H74NO10P. The molecule has 0 amide bonds. The number of hydrogen-bond donors (Lipinski definition) is 3. The van der Waals surface area contributed by atoms with Crippen LogP contribution in [0.25, 0.3) is 0 Å². The molecule has 0 aromatic heterocycles. The molecule has 3 atom stereocenters. The first-order valence-corrected chi connectivity index (χ1v) is 22.2. The van der Waals surface area contributed by atoms with E-state index in [1.165, 1.54) is 70.6 Å². The van der Waals surface area contributed by atoms with E-state index >= 15 is 0 Å². The molecule has 0 aromatic carbocycles. The predicted molar refractivity (Wildman–Crippen MR) is 217 cm³/mol. The van der Waals surface area contributed by atoms with Gasteiger partial charge in [0.05, 0.1) is 13.2 Å². The van der Waals surface area contributed by atoms with E-state index in [4.69, 9.17) is 24.8 Å². The van der Waals surface area contributed by atoms with E-state index in [9.17, 15) is 23.8 Å². The molecule has 0 spiro atoms. The molecule has 0 rings (SSSR count). The highest BCUT2D eigenvalue weighted by Crippen LogP contribution is 2.43. The second-order valence-electron chi connectivity index (χ2n) is 13.8. The lowest BCUT2D eigenvalue weighted by Gasteiger charge is -2.20. The maximum Gasteiger partial charge on any atom is 0.472 e. The van der Waals surface area contributed by atoms with Crippen LogP contribution < -0.4 is 5.73 Å². The molecule has 11 nitrogen and oxygen atoms in total. The number of ether oxygens (including phenoxy) is 2. The first-order valence-electron chi connectivity index (χ1n) is 20.7. The lowest BCUT2D eigenvalue weighted by atomic mass is 10.1. The van der Waals surface area contributed by atoms with Crippen LogP contribution in [0.15, 0.2) is 48.6 Å². The van der Waals surface area contributed by atoms with Crippen molar-refractivity contribution in [3.8, 4) is 0 Å². The minimum Gasteiger partial charge on any atom is -0.480 e. The van der Waals surface area contributed by atoms with Crippen LogP contribution in [0.5, 0.6) is 0 Å². The second kappa shape index (κ2) is 37.4. The fraction of sp³-hybridized carbons (Fsp3) is 0.738. The molecule has 0 radical (unpaired) electrons. The Balaban J connectivity index is 4.50. The molecule has 4 N–H and O–H groups in total. The minimum absolute atomic E-state index is 0.108. The largest absolute Gasteiger partial charge is 0.480 e. The molecular weight excluding hydrogens is 709 g/mol. The summed E-state index contributed by atoms with van der Waals surface area (Å²) < 4.78 is 32.6. The number of phosphoric ester groups is 1. The molecule has 0 saturated carbocycles. The van der Waals surface area contributed by atoms with Crippen molar-refractivity contribution in [2.45, 2.75) is 180 Å². The predicted octanol–water partition coefficient (Wildman–Crippen LogP) is 10.6. The third-order valence-electron chi connectivity index (χ3n) is 8.55. The van der Waals surface area contributed by atoms with Gasteiger partial charge in [0.15, 0.2) is 6.10 Å². The van der Waals surface area contributed by atoms with E-state index in [2.05, 4.69) is 67.0 Å². The molecule has 0 fully saturated rings. The van der Waals surface area contributed by atoms with Crippen molar-refractivity contribution >= 4 is 25.7 Å². The number of carbonyl (C=O) groups is 3. The molecule has 312 valence electrons. The van der Waals surface area contributed by atoms with E-state index in [0.717, 1.165) is 57.8 Å². The van der Waals surface area contributed by atoms with Gasteiger partial charge in [0.2, 0.25) is 0 Å². The fourth-order valence-electron chi connectivity index (χ4n) is 5.24. The van der Waals surface area contributed by atoms with Crippen molar-refractivity contribution in [3.63, 3.8) is 0 Å². The normalized spacial score (nSPS) is 14.3. The summed E-state index contributed by atoms with van der Waals surface area (Å²) in [7, 11) is -4.73. The zero-order valence-corrected chi connectivity index (χ0v) is 34.4. The van der Waals surface area contributed by atoms with Gasteiger partial charge in [-0.3, -0.25) is 23.4 Å². The number of hydrogen-bond acceptors (Lipinski definition) is 9. The lowest BCUT2D eigenvalue weighted by molar-refractivity contribution is -0.161. The van der Waals surface area contributed by atoms with E-state index in [0.29, 0.717) is 12.8 Å². The number of allylic oxidation sites excluding steroid dienone is 8. The number of nitrogens with two attached hydrogens (primary N) is 1. The molecule has 0 aromatic rings. The Labute approximate surface area is 326 Å². The Kier molecular flexibility index (Phi) is 35.6. The second-order valence-corrected chi connectivity index (χ2v) is 15.2. The summed E-state index contributed by atoms with van der Waals surface area (Å²) in [5.41, 5.74) is 5.32. The van der Waals surface area contributed by atoms with Gasteiger partial charge < -0.3 is 25.2 Å². The van der Waals surface area contributed by atoms with Crippen molar-refractivity contribution in [1.82, 2.24) is 0 Å². The van der Waals surface area contributed by atoms with Crippen molar-refractivity contribution in [3.05, 3.63) is 48.6 Å². The molecule has 0 aliphatic heterocycles. The van der Waals surface area contributed by atoms with Gasteiger partial charge in [-0.05, 0) is 77.0 Å². The maximum absolute atomic E-state index is 12.6. The molecule has 0 saturated heterocycles. The van der Waals surface area contributed by atoms with Gasteiger partial charge in [-0.15, -0.1) is 0 Å². The van der Waals surface area contributed by atoms with Gasteiger partial charge in [-0.2, -0.15) is 0 Å². The summed E-state index contributed by atoms with van der Waals surface area (Å²) in [5.74, 6) is -2.45. The number of esters is 2. The molecule has 0 heterocycles. The van der Waals surface area contributed by atoms with Crippen LogP contribution in [0.3, 0.4) is 0 Å². The third kappa shape index (κ3) is 36.4. The van der Waals surface area contributed by atoms with Gasteiger partial charge in [0.25, 0.3) is 0 Å². The number of carbonyl (C=O) groups excluding carboxylic acids is 2. The average Bonchev–Trinajstić information content (AvgIpc) is 3.14. The number of carboxylic acids is 1. The van der Waals surface area contributed by atoms with Gasteiger partial charge >= 0.3 is 25.7 Å². The third-order valence-corrected chi connectivity index (χ3v) is 9.50. The topological polar surface area (TPSA) is 172 Å². The number of phosphoric acid groups is 1. The Bertz CT molecular complexity index is 1110.